The van der Waals surface area contributed by atoms with E-state index in [2.05, 4.69) is 5.32 Å². The second-order valence-electron chi connectivity index (χ2n) is 7.15. The van der Waals surface area contributed by atoms with Crippen LogP contribution in [0.1, 0.15) is 21.6 Å². The Bertz CT molecular complexity index is 1260. The van der Waals surface area contributed by atoms with Crippen LogP contribution in [0, 0.1) is 24.0 Å². The molecule has 1 heterocycles. The lowest BCUT2D eigenvalue weighted by atomic mass is 10.1. The Labute approximate surface area is 179 Å². The smallest absolute Gasteiger partial charge is 0.293 e. The summed E-state index contributed by atoms with van der Waals surface area (Å²) in [4.78, 5) is 24.3. The standard InChI is InChI=1S/C24H20N4O3/c1-16-13-14-20(21(15-16)28(30)31)25-24(29)22-17(2)27(19-11-7-4-8-12-19)26-23(22)18-9-5-3-6-10-18/h3-15H,1-2H3,(H,25,29). The predicted octanol–water partition coefficient (Wildman–Crippen LogP) is 5.32. The molecule has 7 nitrogen and oxygen atoms in total. The van der Waals surface area contributed by atoms with Gasteiger partial charge in [-0.05, 0) is 37.6 Å². The molecule has 0 radical (unpaired) electrons. The summed E-state index contributed by atoms with van der Waals surface area (Å²) < 4.78 is 1.71. The summed E-state index contributed by atoms with van der Waals surface area (Å²) in [7, 11) is 0. The number of aryl methyl sites for hydroxylation is 1. The number of benzene rings is 3. The zero-order valence-corrected chi connectivity index (χ0v) is 17.1. The maximum atomic E-state index is 13.3. The van der Waals surface area contributed by atoms with Gasteiger partial charge in [0.1, 0.15) is 11.4 Å². The van der Waals surface area contributed by atoms with E-state index in [9.17, 15) is 14.9 Å². The minimum Gasteiger partial charge on any atom is -0.316 e. The van der Waals surface area contributed by atoms with E-state index in [4.69, 9.17) is 5.10 Å². The average molecular weight is 412 g/mol. The number of nitrogens with one attached hydrogen (secondary N) is 1. The molecule has 0 unspecified atom stereocenters. The highest BCUT2D eigenvalue weighted by Crippen LogP contribution is 2.30. The first-order valence-corrected chi connectivity index (χ1v) is 9.72. The van der Waals surface area contributed by atoms with Gasteiger partial charge in [0, 0.05) is 11.6 Å². The SMILES string of the molecule is Cc1ccc(NC(=O)c2c(-c3ccccc3)nn(-c3ccccc3)c2C)c([N+](=O)[O-])c1. The molecule has 0 spiro atoms. The molecule has 4 rings (SSSR count). The minimum absolute atomic E-state index is 0.145. The van der Waals surface area contributed by atoms with E-state index in [1.54, 1.807) is 23.7 Å². The van der Waals surface area contributed by atoms with Crippen molar-refractivity contribution in [2.75, 3.05) is 5.32 Å². The summed E-state index contributed by atoms with van der Waals surface area (Å²) in [6.07, 6.45) is 0. The number of aromatic nitrogens is 2. The van der Waals surface area contributed by atoms with Crippen LogP contribution < -0.4 is 5.32 Å². The van der Waals surface area contributed by atoms with Gasteiger partial charge < -0.3 is 5.32 Å². The fraction of sp³-hybridized carbons (Fsp3) is 0.0833. The Hall–Kier alpha value is -4.26. The van der Waals surface area contributed by atoms with Crippen LogP contribution in [0.2, 0.25) is 0 Å². The molecule has 0 saturated carbocycles. The molecule has 154 valence electrons. The van der Waals surface area contributed by atoms with Gasteiger partial charge in [-0.3, -0.25) is 14.9 Å². The summed E-state index contributed by atoms with van der Waals surface area (Å²) in [6, 6.07) is 23.6. The van der Waals surface area contributed by atoms with Gasteiger partial charge in [0.25, 0.3) is 11.6 Å². The van der Waals surface area contributed by atoms with E-state index in [0.717, 1.165) is 16.8 Å². The molecular formula is C24H20N4O3. The number of anilines is 1. The van der Waals surface area contributed by atoms with Gasteiger partial charge in [-0.25, -0.2) is 4.68 Å². The second kappa shape index (κ2) is 8.23. The van der Waals surface area contributed by atoms with Gasteiger partial charge in [0.15, 0.2) is 0 Å². The highest BCUT2D eigenvalue weighted by Gasteiger charge is 2.25. The van der Waals surface area contributed by atoms with Crippen LogP contribution in [-0.2, 0) is 0 Å². The van der Waals surface area contributed by atoms with E-state index in [-0.39, 0.29) is 11.4 Å². The van der Waals surface area contributed by atoms with Crippen LogP contribution in [0.4, 0.5) is 11.4 Å². The number of nitro groups is 1. The van der Waals surface area contributed by atoms with Crippen molar-refractivity contribution in [1.82, 2.24) is 9.78 Å². The first-order valence-electron chi connectivity index (χ1n) is 9.72. The van der Waals surface area contributed by atoms with E-state index < -0.39 is 10.8 Å². The lowest BCUT2D eigenvalue weighted by Gasteiger charge is -2.08. The summed E-state index contributed by atoms with van der Waals surface area (Å²) in [5.41, 5.74) is 3.84. The number of rotatable bonds is 5. The fourth-order valence-corrected chi connectivity index (χ4v) is 3.48. The highest BCUT2D eigenvalue weighted by atomic mass is 16.6. The number of hydrogen-bond donors (Lipinski definition) is 1. The van der Waals surface area contributed by atoms with E-state index in [0.29, 0.717) is 17.0 Å². The topological polar surface area (TPSA) is 90.1 Å². The molecule has 1 N–H and O–H groups in total. The Balaban J connectivity index is 1.83. The third-order valence-electron chi connectivity index (χ3n) is 4.99. The summed E-state index contributed by atoms with van der Waals surface area (Å²) >= 11 is 0. The quantitative estimate of drug-likeness (QED) is 0.355. The predicted molar refractivity (Wildman–Crippen MR) is 120 cm³/mol. The monoisotopic (exact) mass is 412 g/mol. The molecule has 0 aliphatic carbocycles. The number of nitrogens with zero attached hydrogens (tertiary/aromatic N) is 3. The lowest BCUT2D eigenvalue weighted by Crippen LogP contribution is -2.15. The molecular weight excluding hydrogens is 392 g/mol. The van der Waals surface area contributed by atoms with Crippen molar-refractivity contribution in [3.63, 3.8) is 0 Å². The van der Waals surface area contributed by atoms with Gasteiger partial charge in [-0.2, -0.15) is 5.10 Å². The number of nitro benzene ring substituents is 1. The van der Waals surface area contributed by atoms with Crippen LogP contribution >= 0.6 is 0 Å². The molecule has 4 aromatic rings. The number of carbonyl (C=O) groups excluding carboxylic acids is 1. The first-order chi connectivity index (χ1) is 15.0. The van der Waals surface area contributed by atoms with Crippen molar-refractivity contribution in [3.8, 4) is 16.9 Å². The molecule has 0 aliphatic rings. The Morgan fingerprint density at radius 1 is 0.968 bits per heavy atom. The molecule has 0 fully saturated rings. The van der Waals surface area contributed by atoms with E-state index in [1.807, 2.05) is 67.6 Å². The Morgan fingerprint density at radius 2 is 1.61 bits per heavy atom. The number of para-hydroxylation sites is 1. The van der Waals surface area contributed by atoms with Crippen molar-refractivity contribution < 1.29 is 9.72 Å². The Morgan fingerprint density at radius 3 is 2.26 bits per heavy atom. The summed E-state index contributed by atoms with van der Waals surface area (Å²) in [5.74, 6) is -0.453. The van der Waals surface area contributed by atoms with Crippen LogP contribution in [0.3, 0.4) is 0 Å². The van der Waals surface area contributed by atoms with Gasteiger partial charge in [0.2, 0.25) is 0 Å². The molecule has 0 saturated heterocycles. The molecule has 0 bridgehead atoms. The van der Waals surface area contributed by atoms with Gasteiger partial charge in [-0.1, -0.05) is 54.6 Å². The molecule has 0 aliphatic heterocycles. The third-order valence-corrected chi connectivity index (χ3v) is 4.99. The van der Waals surface area contributed by atoms with E-state index >= 15 is 0 Å². The van der Waals surface area contributed by atoms with Crippen LogP contribution in [0.5, 0.6) is 0 Å². The van der Waals surface area contributed by atoms with Gasteiger partial charge in [0.05, 0.1) is 21.9 Å². The minimum atomic E-state index is -0.499. The molecule has 1 amide bonds. The molecule has 1 aromatic heterocycles. The summed E-state index contributed by atoms with van der Waals surface area (Å²) in [6.45, 7) is 3.57. The van der Waals surface area contributed by atoms with Crippen LogP contribution in [0.15, 0.2) is 78.9 Å². The van der Waals surface area contributed by atoms with Crippen molar-refractivity contribution in [3.05, 3.63) is 106 Å². The van der Waals surface area contributed by atoms with Crippen molar-refractivity contribution >= 4 is 17.3 Å². The lowest BCUT2D eigenvalue weighted by molar-refractivity contribution is -0.384. The largest absolute Gasteiger partial charge is 0.316 e. The third kappa shape index (κ3) is 3.93. The molecule has 0 atom stereocenters. The zero-order chi connectivity index (χ0) is 22.0. The maximum Gasteiger partial charge on any atom is 0.293 e. The average Bonchev–Trinajstić information content (AvgIpc) is 3.13. The first kappa shape index (κ1) is 20.0. The van der Waals surface area contributed by atoms with Crippen molar-refractivity contribution in [1.29, 1.82) is 0 Å². The van der Waals surface area contributed by atoms with Crippen LogP contribution in [-0.4, -0.2) is 20.6 Å². The maximum absolute atomic E-state index is 13.3. The second-order valence-corrected chi connectivity index (χ2v) is 7.15. The molecule has 3 aromatic carbocycles. The number of amides is 1. The van der Waals surface area contributed by atoms with Gasteiger partial charge >= 0.3 is 0 Å². The summed E-state index contributed by atoms with van der Waals surface area (Å²) in [5, 5.41) is 18.9. The van der Waals surface area contributed by atoms with E-state index in [1.165, 1.54) is 6.07 Å². The number of carbonyl (C=O) groups is 1. The van der Waals surface area contributed by atoms with Crippen molar-refractivity contribution in [2.45, 2.75) is 13.8 Å². The molecule has 31 heavy (non-hydrogen) atoms. The number of hydrogen-bond acceptors (Lipinski definition) is 4. The molecule has 7 heteroatoms. The fourth-order valence-electron chi connectivity index (χ4n) is 3.48. The highest BCUT2D eigenvalue weighted by molar-refractivity contribution is 6.10. The van der Waals surface area contributed by atoms with Crippen LogP contribution in [0.25, 0.3) is 16.9 Å². The van der Waals surface area contributed by atoms with Crippen molar-refractivity contribution in [2.24, 2.45) is 0 Å². The normalized spacial score (nSPS) is 10.6. The van der Waals surface area contributed by atoms with Gasteiger partial charge in [-0.15, -0.1) is 0 Å². The zero-order valence-electron chi connectivity index (χ0n) is 17.1. The Kier molecular flexibility index (Phi) is 5.32.